The van der Waals surface area contributed by atoms with Crippen molar-refractivity contribution in [3.63, 3.8) is 0 Å². The zero-order valence-corrected chi connectivity index (χ0v) is 18.8. The van der Waals surface area contributed by atoms with Crippen LogP contribution < -0.4 is 5.73 Å². The number of nitrogens with zero attached hydrogens (tertiary/aromatic N) is 1. The van der Waals surface area contributed by atoms with Crippen molar-refractivity contribution >= 4 is 18.0 Å². The van der Waals surface area contributed by atoms with Gasteiger partial charge in [0.1, 0.15) is 22.8 Å². The third-order valence-electron chi connectivity index (χ3n) is 5.91. The fourth-order valence-corrected chi connectivity index (χ4v) is 4.45. The molecule has 0 aliphatic carbocycles. The lowest BCUT2D eigenvalue weighted by atomic mass is 9.73. The Hall–Kier alpha value is -3.49. The first-order chi connectivity index (χ1) is 15.3. The number of amides is 2. The van der Waals surface area contributed by atoms with E-state index in [0.717, 1.165) is 11.0 Å². The quantitative estimate of drug-likeness (QED) is 0.716. The largest absolute Gasteiger partial charge is 0.478 e. The van der Waals surface area contributed by atoms with Crippen molar-refractivity contribution in [2.75, 3.05) is 6.54 Å². The summed E-state index contributed by atoms with van der Waals surface area (Å²) in [6.45, 7) is 6.17. The van der Waals surface area contributed by atoms with Crippen LogP contribution in [0.2, 0.25) is 0 Å². The lowest BCUT2D eigenvalue weighted by molar-refractivity contribution is -0.128. The Bertz CT molecular complexity index is 1100. The molecule has 176 valence electrons. The number of carboxylic acid groups (broad SMARTS) is 1. The number of hydrogen-bond donors (Lipinski definition) is 2. The smallest absolute Gasteiger partial charge is 0.411 e. The summed E-state index contributed by atoms with van der Waals surface area (Å²) in [5.74, 6) is -6.46. The Morgan fingerprint density at radius 1 is 1.15 bits per heavy atom. The lowest BCUT2D eigenvalue weighted by Gasteiger charge is -2.37. The molecule has 7 nitrogen and oxygen atoms in total. The summed E-state index contributed by atoms with van der Waals surface area (Å²) in [6.07, 6.45) is -0.845. The van der Waals surface area contributed by atoms with Crippen molar-refractivity contribution in [2.45, 2.75) is 50.7 Å². The molecule has 3 N–H and O–H groups in total. The third kappa shape index (κ3) is 4.40. The molecule has 0 saturated carbocycles. The minimum atomic E-state index is -1.67. The van der Waals surface area contributed by atoms with Gasteiger partial charge in [0.25, 0.3) is 0 Å². The van der Waals surface area contributed by atoms with Crippen LogP contribution in [0.25, 0.3) is 0 Å². The van der Waals surface area contributed by atoms with E-state index in [-0.39, 0.29) is 12.1 Å². The van der Waals surface area contributed by atoms with Crippen LogP contribution in [0.15, 0.2) is 42.5 Å². The molecule has 2 amide bonds. The number of nitrogens with two attached hydrogens (primary N) is 1. The summed E-state index contributed by atoms with van der Waals surface area (Å²) in [5, 5.41) is 9.33. The second-order valence-electron chi connectivity index (χ2n) is 9.26. The third-order valence-corrected chi connectivity index (χ3v) is 5.91. The van der Waals surface area contributed by atoms with E-state index in [1.807, 2.05) is 0 Å². The van der Waals surface area contributed by atoms with Crippen molar-refractivity contribution in [1.82, 2.24) is 4.90 Å². The normalized spacial score (nSPS) is 22.8. The Morgan fingerprint density at radius 3 is 2.27 bits per heavy atom. The SMILES string of the molecule is CC(C)(C)OC(=O)N1CC(c2cc(F)cc(C(=O)O)c2F)[C@H](c2ccccc2)[C@@]1(C)C(N)=O. The molecule has 0 radical (unpaired) electrons. The molecule has 0 aromatic heterocycles. The van der Waals surface area contributed by atoms with Crippen LogP contribution in [-0.4, -0.2) is 45.7 Å². The number of benzene rings is 2. The summed E-state index contributed by atoms with van der Waals surface area (Å²) in [5.41, 5.74) is 2.67. The Balaban J connectivity index is 2.26. The monoisotopic (exact) mass is 460 g/mol. The zero-order chi connectivity index (χ0) is 24.7. The first-order valence-corrected chi connectivity index (χ1v) is 10.3. The van der Waals surface area contributed by atoms with Crippen LogP contribution in [0.5, 0.6) is 0 Å². The van der Waals surface area contributed by atoms with Gasteiger partial charge in [0.2, 0.25) is 5.91 Å². The van der Waals surface area contributed by atoms with Gasteiger partial charge in [-0.05, 0) is 51.0 Å². The second kappa shape index (κ2) is 8.46. The fraction of sp³-hybridized carbons (Fsp3) is 0.375. The summed E-state index contributed by atoms with van der Waals surface area (Å²) in [6, 6.07) is 10.0. The van der Waals surface area contributed by atoms with E-state index in [1.165, 1.54) is 6.92 Å². The molecule has 2 aromatic rings. The van der Waals surface area contributed by atoms with Crippen molar-refractivity contribution < 1.29 is 33.0 Å². The van der Waals surface area contributed by atoms with Crippen LogP contribution in [0, 0.1) is 11.6 Å². The number of carbonyl (C=O) groups excluding carboxylic acids is 2. The van der Waals surface area contributed by atoms with Crippen LogP contribution in [0.4, 0.5) is 13.6 Å². The van der Waals surface area contributed by atoms with Gasteiger partial charge in [-0.3, -0.25) is 9.69 Å². The lowest BCUT2D eigenvalue weighted by Crippen LogP contribution is -2.57. The van der Waals surface area contributed by atoms with Gasteiger partial charge in [-0.1, -0.05) is 30.3 Å². The van der Waals surface area contributed by atoms with Crippen molar-refractivity contribution in [3.8, 4) is 0 Å². The van der Waals surface area contributed by atoms with Crippen LogP contribution in [0.3, 0.4) is 0 Å². The average Bonchev–Trinajstić information content (AvgIpc) is 3.03. The van der Waals surface area contributed by atoms with E-state index in [4.69, 9.17) is 10.5 Å². The van der Waals surface area contributed by atoms with Gasteiger partial charge in [0.05, 0.1) is 5.56 Å². The standard InChI is InChI=1S/C24H26F2N2O5/c1-23(2,3)33-22(32)28-12-17(15-10-14(25)11-16(19(15)26)20(29)30)18(24(28,4)21(27)31)13-8-6-5-7-9-13/h5-11,17-18H,12H2,1-4H3,(H2,27,31)(H,29,30)/t17?,18-,24-/m0/s1. The maximum atomic E-state index is 15.3. The Kier molecular flexibility index (Phi) is 6.19. The van der Waals surface area contributed by atoms with Gasteiger partial charge in [0.15, 0.2) is 0 Å². The maximum absolute atomic E-state index is 15.3. The van der Waals surface area contributed by atoms with Gasteiger partial charge in [-0.15, -0.1) is 0 Å². The number of carbonyl (C=O) groups is 3. The van der Waals surface area contributed by atoms with Gasteiger partial charge >= 0.3 is 12.1 Å². The fourth-order valence-electron chi connectivity index (χ4n) is 4.45. The highest BCUT2D eigenvalue weighted by molar-refractivity contribution is 5.91. The molecule has 1 unspecified atom stereocenters. The molecular weight excluding hydrogens is 434 g/mol. The topological polar surface area (TPSA) is 110 Å². The summed E-state index contributed by atoms with van der Waals surface area (Å²) >= 11 is 0. The van der Waals surface area contributed by atoms with Gasteiger partial charge < -0.3 is 15.6 Å². The number of ether oxygens (including phenoxy) is 1. The first kappa shape index (κ1) is 24.2. The van der Waals surface area contributed by atoms with Gasteiger partial charge in [-0.25, -0.2) is 18.4 Å². The number of rotatable bonds is 4. The zero-order valence-electron chi connectivity index (χ0n) is 18.8. The number of primary amides is 1. The molecule has 1 saturated heterocycles. The number of halogens is 2. The minimum absolute atomic E-state index is 0.243. The number of aromatic carboxylic acids is 1. The highest BCUT2D eigenvalue weighted by Crippen LogP contribution is 2.51. The molecule has 1 heterocycles. The molecule has 9 heteroatoms. The van der Waals surface area contributed by atoms with E-state index < -0.39 is 58.1 Å². The predicted octanol–water partition coefficient (Wildman–Crippen LogP) is 4.03. The molecular formula is C24H26F2N2O5. The first-order valence-electron chi connectivity index (χ1n) is 10.3. The molecule has 1 aliphatic rings. The van der Waals surface area contributed by atoms with Crippen LogP contribution in [0.1, 0.15) is 61.0 Å². The minimum Gasteiger partial charge on any atom is -0.478 e. The molecule has 33 heavy (non-hydrogen) atoms. The summed E-state index contributed by atoms with van der Waals surface area (Å²) < 4.78 is 35.1. The Labute approximate surface area is 190 Å². The molecule has 1 aliphatic heterocycles. The van der Waals surface area contributed by atoms with Crippen LogP contribution >= 0.6 is 0 Å². The Morgan fingerprint density at radius 2 is 1.76 bits per heavy atom. The van der Waals surface area contributed by atoms with E-state index in [2.05, 4.69) is 0 Å². The highest BCUT2D eigenvalue weighted by Gasteiger charge is 2.58. The van der Waals surface area contributed by atoms with Crippen molar-refractivity contribution in [3.05, 3.63) is 70.8 Å². The summed E-state index contributed by atoms with van der Waals surface area (Å²) in [4.78, 5) is 38.5. The van der Waals surface area contributed by atoms with E-state index >= 15 is 4.39 Å². The predicted molar refractivity (Wildman–Crippen MR) is 116 cm³/mol. The maximum Gasteiger partial charge on any atom is 0.411 e. The van der Waals surface area contributed by atoms with Gasteiger partial charge in [-0.2, -0.15) is 0 Å². The molecule has 3 rings (SSSR count). The molecule has 2 aromatic carbocycles. The van der Waals surface area contributed by atoms with E-state index in [0.29, 0.717) is 11.6 Å². The second-order valence-corrected chi connectivity index (χ2v) is 9.26. The number of hydrogen-bond acceptors (Lipinski definition) is 4. The number of carboxylic acids is 1. The molecule has 1 fully saturated rings. The summed E-state index contributed by atoms with van der Waals surface area (Å²) in [7, 11) is 0. The van der Waals surface area contributed by atoms with E-state index in [9.17, 15) is 23.9 Å². The average molecular weight is 460 g/mol. The van der Waals surface area contributed by atoms with Crippen molar-refractivity contribution in [1.29, 1.82) is 0 Å². The molecule has 0 bridgehead atoms. The highest BCUT2D eigenvalue weighted by atomic mass is 19.1. The molecule has 3 atom stereocenters. The molecule has 0 spiro atoms. The number of likely N-dealkylation sites (tertiary alicyclic amines) is 1. The van der Waals surface area contributed by atoms with Crippen molar-refractivity contribution in [2.24, 2.45) is 5.73 Å². The van der Waals surface area contributed by atoms with Gasteiger partial charge in [0, 0.05) is 18.4 Å². The van der Waals surface area contributed by atoms with E-state index in [1.54, 1.807) is 51.1 Å². The van der Waals surface area contributed by atoms with Crippen LogP contribution in [-0.2, 0) is 9.53 Å².